The molecule has 1 heterocycles. The van der Waals surface area contributed by atoms with E-state index in [4.69, 9.17) is 9.15 Å². The normalized spacial score (nSPS) is 10.7. The van der Waals surface area contributed by atoms with Crippen LogP contribution in [0.1, 0.15) is 0 Å². The number of hydrogen-bond acceptors (Lipinski definition) is 3. The zero-order chi connectivity index (χ0) is 14.1. The van der Waals surface area contributed by atoms with Crippen LogP contribution < -0.4 is 10.2 Å². The van der Waals surface area contributed by atoms with E-state index < -0.39 is 0 Å². The van der Waals surface area contributed by atoms with Crippen molar-refractivity contribution in [1.29, 1.82) is 0 Å². The average Bonchev–Trinajstić information content (AvgIpc) is 2.47. The van der Waals surface area contributed by atoms with Gasteiger partial charge in [0.05, 0.1) is 12.5 Å². The van der Waals surface area contributed by atoms with Gasteiger partial charge in [0.15, 0.2) is 5.43 Å². The Labute approximate surface area is 129 Å². The highest BCUT2D eigenvalue weighted by Crippen LogP contribution is 2.27. The van der Waals surface area contributed by atoms with Crippen molar-refractivity contribution in [3.8, 4) is 17.1 Å². The Kier molecular flexibility index (Phi) is 3.48. The molecular weight excluding hydrogens is 367 g/mol. The maximum absolute atomic E-state index is 12.2. The molecule has 0 aliphatic rings. The van der Waals surface area contributed by atoms with Crippen LogP contribution in [0.4, 0.5) is 0 Å². The van der Waals surface area contributed by atoms with Crippen molar-refractivity contribution in [3.63, 3.8) is 0 Å². The number of methoxy groups -OCH3 is 1. The fourth-order valence-corrected chi connectivity index (χ4v) is 2.71. The Morgan fingerprint density at radius 3 is 2.65 bits per heavy atom. The third-order valence-corrected chi connectivity index (χ3v) is 4.02. The summed E-state index contributed by atoms with van der Waals surface area (Å²) in [7, 11) is 1.59. The van der Waals surface area contributed by atoms with Crippen LogP contribution in [0.15, 0.2) is 57.7 Å². The summed E-state index contributed by atoms with van der Waals surface area (Å²) in [6, 6.07) is 14.5. The molecule has 2 aromatic carbocycles. The number of rotatable bonds is 2. The largest absolute Gasteiger partial charge is 0.497 e. The summed E-state index contributed by atoms with van der Waals surface area (Å²) in [5, 5.41) is 0.556. The molecule has 3 nitrogen and oxygen atoms in total. The highest BCUT2D eigenvalue weighted by molar-refractivity contribution is 14.1. The van der Waals surface area contributed by atoms with Gasteiger partial charge >= 0.3 is 0 Å². The SMILES string of the molecule is COc1ccc2c(=O)cc(-c3ccccc3I)oc2c1. The lowest BCUT2D eigenvalue weighted by molar-refractivity contribution is 0.414. The van der Waals surface area contributed by atoms with Gasteiger partial charge < -0.3 is 9.15 Å². The van der Waals surface area contributed by atoms with Crippen LogP contribution in [0.3, 0.4) is 0 Å². The van der Waals surface area contributed by atoms with Crippen molar-refractivity contribution < 1.29 is 9.15 Å². The minimum Gasteiger partial charge on any atom is -0.497 e. The van der Waals surface area contributed by atoms with Gasteiger partial charge in [0.25, 0.3) is 0 Å². The van der Waals surface area contributed by atoms with Crippen LogP contribution in [0.2, 0.25) is 0 Å². The molecule has 3 rings (SSSR count). The molecule has 0 N–H and O–H groups in total. The molecule has 1 aromatic heterocycles. The first-order valence-corrected chi connectivity index (χ1v) is 7.14. The van der Waals surface area contributed by atoms with Gasteiger partial charge in [-0.1, -0.05) is 18.2 Å². The van der Waals surface area contributed by atoms with E-state index in [0.717, 1.165) is 9.13 Å². The van der Waals surface area contributed by atoms with Gasteiger partial charge in [-0.2, -0.15) is 0 Å². The molecule has 0 saturated carbocycles. The molecular formula is C16H11IO3. The van der Waals surface area contributed by atoms with Crippen molar-refractivity contribution >= 4 is 33.6 Å². The number of halogens is 1. The fourth-order valence-electron chi connectivity index (χ4n) is 2.06. The van der Waals surface area contributed by atoms with Crippen molar-refractivity contribution in [2.24, 2.45) is 0 Å². The van der Waals surface area contributed by atoms with Crippen LogP contribution in [0, 0.1) is 3.57 Å². The molecule has 0 unspecified atom stereocenters. The number of ether oxygens (including phenoxy) is 1. The lowest BCUT2D eigenvalue weighted by atomic mass is 10.1. The van der Waals surface area contributed by atoms with Gasteiger partial charge in [-0.3, -0.25) is 4.79 Å². The van der Waals surface area contributed by atoms with E-state index >= 15 is 0 Å². The van der Waals surface area contributed by atoms with Crippen LogP contribution >= 0.6 is 22.6 Å². The van der Waals surface area contributed by atoms with Gasteiger partial charge in [-0.25, -0.2) is 0 Å². The minimum atomic E-state index is -0.0523. The Balaban J connectivity index is 2.28. The third kappa shape index (κ3) is 2.31. The maximum Gasteiger partial charge on any atom is 0.193 e. The average molecular weight is 378 g/mol. The van der Waals surface area contributed by atoms with Gasteiger partial charge in [-0.15, -0.1) is 0 Å². The molecule has 0 spiro atoms. The first kappa shape index (κ1) is 13.2. The highest BCUT2D eigenvalue weighted by Gasteiger charge is 2.09. The second-order valence-electron chi connectivity index (χ2n) is 4.32. The quantitative estimate of drug-likeness (QED) is 0.631. The lowest BCUT2D eigenvalue weighted by Crippen LogP contribution is -2.01. The summed E-state index contributed by atoms with van der Waals surface area (Å²) in [6.45, 7) is 0. The Bertz CT molecular complexity index is 836. The van der Waals surface area contributed by atoms with Crippen LogP contribution in [-0.2, 0) is 0 Å². The van der Waals surface area contributed by atoms with Crippen molar-refractivity contribution in [2.45, 2.75) is 0 Å². The number of benzene rings is 2. The molecule has 0 atom stereocenters. The van der Waals surface area contributed by atoms with E-state index in [1.165, 1.54) is 6.07 Å². The Morgan fingerprint density at radius 2 is 1.90 bits per heavy atom. The zero-order valence-electron chi connectivity index (χ0n) is 10.7. The van der Waals surface area contributed by atoms with Crippen molar-refractivity contribution in [2.75, 3.05) is 7.11 Å². The maximum atomic E-state index is 12.2. The smallest absolute Gasteiger partial charge is 0.193 e. The topological polar surface area (TPSA) is 39.4 Å². The summed E-state index contributed by atoms with van der Waals surface area (Å²) >= 11 is 2.23. The highest BCUT2D eigenvalue weighted by atomic mass is 127. The van der Waals surface area contributed by atoms with E-state index in [2.05, 4.69) is 22.6 Å². The molecule has 0 aliphatic carbocycles. The standard InChI is InChI=1S/C16H11IO3/c1-19-10-6-7-12-14(18)9-16(20-15(12)8-10)11-4-2-3-5-13(11)17/h2-9H,1H3. The summed E-state index contributed by atoms with van der Waals surface area (Å²) in [6.07, 6.45) is 0. The van der Waals surface area contributed by atoms with Gasteiger partial charge in [0.1, 0.15) is 17.1 Å². The second kappa shape index (κ2) is 5.28. The van der Waals surface area contributed by atoms with Crippen molar-refractivity contribution in [3.05, 3.63) is 62.3 Å². The van der Waals surface area contributed by atoms with Crippen LogP contribution in [0.25, 0.3) is 22.3 Å². The molecule has 0 aliphatic heterocycles. The predicted molar refractivity (Wildman–Crippen MR) is 87.2 cm³/mol. The Hall–Kier alpha value is -1.82. The van der Waals surface area contributed by atoms with E-state index in [1.54, 1.807) is 25.3 Å². The molecule has 0 saturated heterocycles. The summed E-state index contributed by atoms with van der Waals surface area (Å²) in [4.78, 5) is 12.2. The zero-order valence-corrected chi connectivity index (χ0v) is 12.9. The number of fused-ring (bicyclic) bond motifs is 1. The predicted octanol–water partition coefficient (Wildman–Crippen LogP) is 4.07. The lowest BCUT2D eigenvalue weighted by Gasteiger charge is -2.06. The Morgan fingerprint density at radius 1 is 1.10 bits per heavy atom. The monoisotopic (exact) mass is 378 g/mol. The summed E-state index contributed by atoms with van der Waals surface area (Å²) in [5.74, 6) is 1.24. The molecule has 0 fully saturated rings. The van der Waals surface area contributed by atoms with E-state index in [9.17, 15) is 4.79 Å². The summed E-state index contributed by atoms with van der Waals surface area (Å²) in [5.41, 5.74) is 1.39. The van der Waals surface area contributed by atoms with E-state index in [-0.39, 0.29) is 5.43 Å². The van der Waals surface area contributed by atoms with Crippen LogP contribution in [0.5, 0.6) is 5.75 Å². The van der Waals surface area contributed by atoms with Gasteiger partial charge in [0, 0.05) is 21.3 Å². The second-order valence-corrected chi connectivity index (χ2v) is 5.48. The molecule has 0 radical (unpaired) electrons. The van der Waals surface area contributed by atoms with E-state index in [1.807, 2.05) is 24.3 Å². The first-order chi connectivity index (χ1) is 9.69. The molecule has 4 heteroatoms. The molecule has 20 heavy (non-hydrogen) atoms. The van der Waals surface area contributed by atoms with Crippen molar-refractivity contribution in [1.82, 2.24) is 0 Å². The number of hydrogen-bond donors (Lipinski definition) is 0. The molecule has 0 bridgehead atoms. The minimum absolute atomic E-state index is 0.0523. The molecule has 0 amide bonds. The van der Waals surface area contributed by atoms with E-state index in [0.29, 0.717) is 22.5 Å². The molecule has 100 valence electrons. The fraction of sp³-hybridized carbons (Fsp3) is 0.0625. The summed E-state index contributed by atoms with van der Waals surface area (Å²) < 4.78 is 12.1. The van der Waals surface area contributed by atoms with Crippen LogP contribution in [-0.4, -0.2) is 7.11 Å². The first-order valence-electron chi connectivity index (χ1n) is 6.06. The molecule has 3 aromatic rings. The van der Waals surface area contributed by atoms with Gasteiger partial charge in [0.2, 0.25) is 0 Å². The third-order valence-electron chi connectivity index (χ3n) is 3.08. The van der Waals surface area contributed by atoms with Gasteiger partial charge in [-0.05, 0) is 40.8 Å².